The summed E-state index contributed by atoms with van der Waals surface area (Å²) in [5.41, 5.74) is 3.97. The van der Waals surface area contributed by atoms with Gasteiger partial charge in [0.2, 0.25) is 0 Å². The van der Waals surface area contributed by atoms with Crippen molar-refractivity contribution in [3.05, 3.63) is 29.3 Å². The van der Waals surface area contributed by atoms with Crippen molar-refractivity contribution in [3.8, 4) is 0 Å². The van der Waals surface area contributed by atoms with Crippen molar-refractivity contribution in [1.82, 2.24) is 0 Å². The first-order valence-corrected chi connectivity index (χ1v) is 3.86. The van der Waals surface area contributed by atoms with Gasteiger partial charge in [-0.3, -0.25) is 0 Å². The minimum atomic E-state index is 0. The van der Waals surface area contributed by atoms with E-state index < -0.39 is 0 Å². The molecule has 0 spiro atoms. The fourth-order valence-electron chi connectivity index (χ4n) is 1.31. The van der Waals surface area contributed by atoms with E-state index in [-0.39, 0.29) is 18.9 Å². The zero-order chi connectivity index (χ0) is 8.43. The van der Waals surface area contributed by atoms with Crippen LogP contribution in [-0.4, -0.2) is 14.1 Å². The van der Waals surface area contributed by atoms with Crippen molar-refractivity contribution >= 4 is 5.69 Å². The summed E-state index contributed by atoms with van der Waals surface area (Å²) >= 11 is 0. The topological polar surface area (TPSA) is 3.24 Å². The Kier molecular flexibility index (Phi) is 4.45. The van der Waals surface area contributed by atoms with Crippen LogP contribution in [0, 0.1) is 13.8 Å². The van der Waals surface area contributed by atoms with Crippen LogP contribution >= 0.6 is 0 Å². The largest absolute Gasteiger partial charge is 1.00 e. The summed E-state index contributed by atoms with van der Waals surface area (Å²) in [5, 5.41) is 0. The molecule has 0 saturated heterocycles. The van der Waals surface area contributed by atoms with Crippen molar-refractivity contribution in [2.75, 3.05) is 19.0 Å². The van der Waals surface area contributed by atoms with Crippen molar-refractivity contribution in [3.63, 3.8) is 0 Å². The van der Waals surface area contributed by atoms with E-state index in [1.165, 1.54) is 16.8 Å². The Labute approximate surface area is 86.9 Å². The van der Waals surface area contributed by atoms with E-state index >= 15 is 0 Å². The van der Waals surface area contributed by atoms with E-state index in [2.05, 4.69) is 51.0 Å². The molecular formula is C10H15LiN+. The molecule has 2 heteroatoms. The molecule has 60 valence electrons. The van der Waals surface area contributed by atoms with Crippen molar-refractivity contribution in [2.24, 2.45) is 0 Å². The van der Waals surface area contributed by atoms with E-state index in [1.807, 2.05) is 0 Å². The summed E-state index contributed by atoms with van der Waals surface area (Å²) in [5.74, 6) is 0. The van der Waals surface area contributed by atoms with E-state index in [0.717, 1.165) is 0 Å². The van der Waals surface area contributed by atoms with Crippen LogP contribution in [0.1, 0.15) is 11.1 Å². The van der Waals surface area contributed by atoms with Gasteiger partial charge in [0.05, 0.1) is 0 Å². The molecule has 1 aromatic carbocycles. The summed E-state index contributed by atoms with van der Waals surface area (Å²) in [6.07, 6.45) is 0. The molecule has 12 heavy (non-hydrogen) atoms. The predicted octanol–water partition coefficient (Wildman–Crippen LogP) is -0.627. The zero-order valence-electron chi connectivity index (χ0n) is 8.68. The molecule has 0 aliphatic carbocycles. The van der Waals surface area contributed by atoms with Crippen LogP contribution in [0.4, 0.5) is 5.69 Å². The van der Waals surface area contributed by atoms with Gasteiger partial charge in [-0.25, -0.2) is 0 Å². The van der Waals surface area contributed by atoms with Crippen LogP contribution in [0.15, 0.2) is 18.2 Å². The second-order valence-electron chi connectivity index (χ2n) is 3.18. The SMILES string of the molecule is Cc1ccc(N(C)C)c(C)c1.[Li+]. The van der Waals surface area contributed by atoms with Crippen LogP contribution in [0.5, 0.6) is 0 Å². The minimum Gasteiger partial charge on any atom is -0.377 e. The van der Waals surface area contributed by atoms with Crippen molar-refractivity contribution in [2.45, 2.75) is 13.8 Å². The molecule has 0 aliphatic rings. The molecule has 0 fully saturated rings. The normalized spacial score (nSPS) is 9.00. The number of rotatable bonds is 1. The Morgan fingerprint density at radius 3 is 2.08 bits per heavy atom. The third kappa shape index (κ3) is 2.59. The number of anilines is 1. The van der Waals surface area contributed by atoms with E-state index in [4.69, 9.17) is 0 Å². The number of hydrogen-bond donors (Lipinski definition) is 0. The van der Waals surface area contributed by atoms with Gasteiger partial charge in [-0.15, -0.1) is 0 Å². The van der Waals surface area contributed by atoms with Crippen molar-refractivity contribution < 1.29 is 18.9 Å². The Morgan fingerprint density at radius 1 is 1.08 bits per heavy atom. The summed E-state index contributed by atoms with van der Waals surface area (Å²) < 4.78 is 0. The number of nitrogens with zero attached hydrogens (tertiary/aromatic N) is 1. The molecule has 1 nitrogen and oxygen atoms in total. The quantitative estimate of drug-likeness (QED) is 0.489. The first-order chi connectivity index (χ1) is 5.11. The Balaban J connectivity index is 0.00000121. The van der Waals surface area contributed by atoms with Crippen LogP contribution in [0.25, 0.3) is 0 Å². The fourth-order valence-corrected chi connectivity index (χ4v) is 1.31. The average molecular weight is 156 g/mol. The molecule has 0 aromatic heterocycles. The summed E-state index contributed by atoms with van der Waals surface area (Å²) in [7, 11) is 4.13. The molecule has 0 bridgehead atoms. The van der Waals surface area contributed by atoms with E-state index in [0.29, 0.717) is 0 Å². The van der Waals surface area contributed by atoms with Gasteiger partial charge >= 0.3 is 18.9 Å². The molecule has 0 atom stereocenters. The summed E-state index contributed by atoms with van der Waals surface area (Å²) in [6, 6.07) is 6.50. The van der Waals surface area contributed by atoms with Gasteiger partial charge in [-0.05, 0) is 25.5 Å². The van der Waals surface area contributed by atoms with Gasteiger partial charge in [-0.1, -0.05) is 17.7 Å². The van der Waals surface area contributed by atoms with Crippen LogP contribution < -0.4 is 23.8 Å². The molecule has 0 radical (unpaired) electrons. The predicted molar refractivity (Wildman–Crippen MR) is 50.2 cm³/mol. The molecule has 0 saturated carbocycles. The first kappa shape index (κ1) is 11.6. The number of benzene rings is 1. The molecule has 0 unspecified atom stereocenters. The second-order valence-corrected chi connectivity index (χ2v) is 3.18. The molecule has 1 aromatic rings. The van der Waals surface area contributed by atoms with Crippen LogP contribution in [0.3, 0.4) is 0 Å². The second kappa shape index (κ2) is 4.60. The third-order valence-electron chi connectivity index (χ3n) is 1.83. The van der Waals surface area contributed by atoms with Gasteiger partial charge in [0.15, 0.2) is 0 Å². The number of hydrogen-bond acceptors (Lipinski definition) is 1. The van der Waals surface area contributed by atoms with Gasteiger partial charge in [0.1, 0.15) is 0 Å². The average Bonchev–Trinajstić information content (AvgIpc) is 1.85. The van der Waals surface area contributed by atoms with Gasteiger partial charge in [-0.2, -0.15) is 0 Å². The maximum Gasteiger partial charge on any atom is 1.00 e. The molecule has 0 heterocycles. The first-order valence-electron chi connectivity index (χ1n) is 3.86. The van der Waals surface area contributed by atoms with Crippen LogP contribution in [0.2, 0.25) is 0 Å². The minimum absolute atomic E-state index is 0. The van der Waals surface area contributed by atoms with Gasteiger partial charge in [0, 0.05) is 19.8 Å². The fraction of sp³-hybridized carbons (Fsp3) is 0.400. The molecule has 0 N–H and O–H groups in total. The standard InChI is InChI=1S/C10H15N.Li/c1-8-5-6-10(11(3)4)9(2)7-8;/h5-7H,1-4H3;/q;+1. The molecule has 0 aliphatic heterocycles. The van der Waals surface area contributed by atoms with Crippen molar-refractivity contribution in [1.29, 1.82) is 0 Å². The van der Waals surface area contributed by atoms with E-state index in [1.54, 1.807) is 0 Å². The maximum absolute atomic E-state index is 2.20. The summed E-state index contributed by atoms with van der Waals surface area (Å²) in [6.45, 7) is 4.26. The molecule has 0 amide bonds. The number of aryl methyl sites for hydroxylation is 2. The third-order valence-corrected chi connectivity index (χ3v) is 1.83. The van der Waals surface area contributed by atoms with Gasteiger partial charge in [0.25, 0.3) is 0 Å². The molecule has 1 rings (SSSR count). The molecular weight excluding hydrogens is 141 g/mol. The zero-order valence-corrected chi connectivity index (χ0v) is 8.68. The van der Waals surface area contributed by atoms with E-state index in [9.17, 15) is 0 Å². The van der Waals surface area contributed by atoms with Gasteiger partial charge < -0.3 is 4.90 Å². The Hall–Kier alpha value is -0.383. The monoisotopic (exact) mass is 156 g/mol. The smallest absolute Gasteiger partial charge is 0.377 e. The Bertz CT molecular complexity index is 256. The van der Waals surface area contributed by atoms with Crippen LogP contribution in [-0.2, 0) is 0 Å². The maximum atomic E-state index is 2.20. The summed E-state index contributed by atoms with van der Waals surface area (Å²) in [4.78, 5) is 2.13. The Morgan fingerprint density at radius 2 is 1.67 bits per heavy atom.